The van der Waals surface area contributed by atoms with E-state index in [4.69, 9.17) is 4.74 Å². The molecule has 2 aromatic rings. The summed E-state index contributed by atoms with van der Waals surface area (Å²) < 4.78 is 7.89. The Balaban J connectivity index is 1.30. The first-order valence-electron chi connectivity index (χ1n) is 9.93. The van der Waals surface area contributed by atoms with E-state index in [1.165, 1.54) is 29.5 Å². The molecule has 0 spiro atoms. The third-order valence-corrected chi connectivity index (χ3v) is 6.60. The number of piperidine rings is 1. The van der Waals surface area contributed by atoms with Crippen LogP contribution in [0.2, 0.25) is 0 Å². The fourth-order valence-corrected chi connectivity index (χ4v) is 5.18. The fourth-order valence-electron chi connectivity index (χ4n) is 4.04. The van der Waals surface area contributed by atoms with Crippen molar-refractivity contribution in [1.82, 2.24) is 14.7 Å². The highest BCUT2D eigenvalue weighted by atomic mass is 32.1. The molecule has 2 aliphatic heterocycles. The number of nitrogens with one attached hydrogen (secondary N) is 1. The molecule has 1 amide bonds. The SMILES string of the molecule is CC(=O)Nc1ccnn1C1CCN(Cc2ccc(C3CCCCO3)s2)CC1. The van der Waals surface area contributed by atoms with E-state index in [-0.39, 0.29) is 5.91 Å². The largest absolute Gasteiger partial charge is 0.373 e. The van der Waals surface area contributed by atoms with Crippen LogP contribution < -0.4 is 5.32 Å². The first kappa shape index (κ1) is 18.7. The van der Waals surface area contributed by atoms with Gasteiger partial charge in [-0.15, -0.1) is 11.3 Å². The van der Waals surface area contributed by atoms with Gasteiger partial charge in [-0.2, -0.15) is 5.10 Å². The van der Waals surface area contributed by atoms with Crippen molar-refractivity contribution in [3.05, 3.63) is 34.2 Å². The minimum Gasteiger partial charge on any atom is -0.373 e. The van der Waals surface area contributed by atoms with Gasteiger partial charge in [0.15, 0.2) is 0 Å². The molecule has 0 saturated carbocycles. The average molecular weight is 389 g/mol. The van der Waals surface area contributed by atoms with E-state index in [1.54, 1.807) is 6.20 Å². The highest BCUT2D eigenvalue weighted by molar-refractivity contribution is 7.12. The van der Waals surface area contributed by atoms with Crippen LogP contribution in [0.1, 0.15) is 60.9 Å². The summed E-state index contributed by atoms with van der Waals surface area (Å²) in [6.07, 6.45) is 7.82. The molecule has 27 heavy (non-hydrogen) atoms. The van der Waals surface area contributed by atoms with Gasteiger partial charge in [-0.05, 0) is 44.2 Å². The number of hydrogen-bond donors (Lipinski definition) is 1. The first-order chi connectivity index (χ1) is 13.2. The standard InChI is InChI=1S/C20H28N4O2S/c1-15(25)22-20-7-10-21-24(20)16-8-11-23(12-9-16)14-17-5-6-19(27-17)18-4-2-3-13-26-18/h5-7,10,16,18H,2-4,8-9,11-14H2,1H3,(H,22,25). The Morgan fingerprint density at radius 3 is 2.85 bits per heavy atom. The zero-order valence-electron chi connectivity index (χ0n) is 15.9. The summed E-state index contributed by atoms with van der Waals surface area (Å²) in [7, 11) is 0. The number of amides is 1. The van der Waals surface area contributed by atoms with Gasteiger partial charge < -0.3 is 10.1 Å². The van der Waals surface area contributed by atoms with E-state index < -0.39 is 0 Å². The van der Waals surface area contributed by atoms with E-state index in [0.717, 1.165) is 51.3 Å². The lowest BCUT2D eigenvalue weighted by atomic mass is 10.1. The van der Waals surface area contributed by atoms with Gasteiger partial charge in [-0.3, -0.25) is 9.69 Å². The van der Waals surface area contributed by atoms with Crippen LogP contribution in [0.5, 0.6) is 0 Å². The molecule has 146 valence electrons. The summed E-state index contributed by atoms with van der Waals surface area (Å²) >= 11 is 1.91. The van der Waals surface area contributed by atoms with Crippen LogP contribution in [0.25, 0.3) is 0 Å². The topological polar surface area (TPSA) is 59.4 Å². The number of ether oxygens (including phenoxy) is 1. The van der Waals surface area contributed by atoms with Gasteiger partial charge in [0.1, 0.15) is 5.82 Å². The van der Waals surface area contributed by atoms with Crippen molar-refractivity contribution in [1.29, 1.82) is 0 Å². The van der Waals surface area contributed by atoms with Crippen molar-refractivity contribution in [2.24, 2.45) is 0 Å². The number of rotatable bonds is 5. The Bertz CT molecular complexity index is 758. The van der Waals surface area contributed by atoms with Crippen molar-refractivity contribution < 1.29 is 9.53 Å². The Labute approximate surface area is 164 Å². The quantitative estimate of drug-likeness (QED) is 0.842. The van der Waals surface area contributed by atoms with Gasteiger partial charge in [0.25, 0.3) is 0 Å². The van der Waals surface area contributed by atoms with Gasteiger partial charge in [0.05, 0.1) is 18.3 Å². The monoisotopic (exact) mass is 388 g/mol. The molecular weight excluding hydrogens is 360 g/mol. The summed E-state index contributed by atoms with van der Waals surface area (Å²) in [5.41, 5.74) is 0. The molecule has 2 aliphatic rings. The van der Waals surface area contributed by atoms with E-state index in [2.05, 4.69) is 27.4 Å². The van der Waals surface area contributed by atoms with Crippen molar-refractivity contribution >= 4 is 23.1 Å². The molecule has 2 saturated heterocycles. The van der Waals surface area contributed by atoms with Crippen LogP contribution in [0.15, 0.2) is 24.4 Å². The predicted molar refractivity (Wildman–Crippen MR) is 107 cm³/mol. The molecule has 6 nitrogen and oxygen atoms in total. The number of hydrogen-bond acceptors (Lipinski definition) is 5. The molecule has 0 radical (unpaired) electrons. The van der Waals surface area contributed by atoms with Crippen molar-refractivity contribution in [2.75, 3.05) is 25.0 Å². The van der Waals surface area contributed by atoms with Crippen LogP contribution in [0.4, 0.5) is 5.82 Å². The van der Waals surface area contributed by atoms with Crippen LogP contribution in [-0.4, -0.2) is 40.3 Å². The van der Waals surface area contributed by atoms with E-state index in [9.17, 15) is 4.79 Å². The Kier molecular flexibility index (Phi) is 5.90. The van der Waals surface area contributed by atoms with Crippen LogP contribution in [0.3, 0.4) is 0 Å². The van der Waals surface area contributed by atoms with Crippen molar-refractivity contribution in [2.45, 2.75) is 57.7 Å². The van der Waals surface area contributed by atoms with Gasteiger partial charge in [-0.1, -0.05) is 0 Å². The number of likely N-dealkylation sites (tertiary alicyclic amines) is 1. The molecule has 4 rings (SSSR count). The molecule has 0 aromatic carbocycles. The number of nitrogens with zero attached hydrogens (tertiary/aromatic N) is 3. The highest BCUT2D eigenvalue weighted by Crippen LogP contribution is 2.34. The zero-order valence-corrected chi connectivity index (χ0v) is 16.7. The summed E-state index contributed by atoms with van der Waals surface area (Å²) in [5.74, 6) is 0.751. The van der Waals surface area contributed by atoms with Gasteiger partial charge in [0, 0.05) is 49.0 Å². The Hall–Kier alpha value is -1.70. The summed E-state index contributed by atoms with van der Waals surface area (Å²) in [6, 6.07) is 6.75. The second-order valence-electron chi connectivity index (χ2n) is 7.51. The maximum atomic E-state index is 11.3. The molecule has 4 heterocycles. The minimum atomic E-state index is -0.0513. The normalized spacial score (nSPS) is 22.0. The number of anilines is 1. The van der Waals surface area contributed by atoms with Crippen LogP contribution in [0, 0.1) is 0 Å². The number of aromatic nitrogens is 2. The zero-order chi connectivity index (χ0) is 18.6. The van der Waals surface area contributed by atoms with Crippen molar-refractivity contribution in [3.8, 4) is 0 Å². The lowest BCUT2D eigenvalue weighted by Crippen LogP contribution is -2.34. The maximum absolute atomic E-state index is 11.3. The van der Waals surface area contributed by atoms with Crippen LogP contribution in [-0.2, 0) is 16.1 Å². The average Bonchev–Trinajstić information content (AvgIpc) is 3.32. The molecule has 2 aromatic heterocycles. The summed E-state index contributed by atoms with van der Waals surface area (Å²) in [4.78, 5) is 16.7. The van der Waals surface area contributed by atoms with Gasteiger partial charge >= 0.3 is 0 Å². The molecule has 7 heteroatoms. The second-order valence-corrected chi connectivity index (χ2v) is 8.71. The predicted octanol–water partition coefficient (Wildman–Crippen LogP) is 3.98. The summed E-state index contributed by atoms with van der Waals surface area (Å²) in [6.45, 7) is 5.56. The Morgan fingerprint density at radius 2 is 2.11 bits per heavy atom. The molecule has 1 N–H and O–H groups in total. The molecule has 1 atom stereocenters. The molecule has 0 aliphatic carbocycles. The lowest BCUT2D eigenvalue weighted by Gasteiger charge is -2.32. The minimum absolute atomic E-state index is 0.0513. The smallest absolute Gasteiger partial charge is 0.222 e. The maximum Gasteiger partial charge on any atom is 0.222 e. The second kappa shape index (κ2) is 8.54. The molecular formula is C20H28N4O2S. The summed E-state index contributed by atoms with van der Waals surface area (Å²) in [5, 5.41) is 7.30. The van der Waals surface area contributed by atoms with Crippen molar-refractivity contribution in [3.63, 3.8) is 0 Å². The van der Waals surface area contributed by atoms with Gasteiger partial charge in [0.2, 0.25) is 5.91 Å². The van der Waals surface area contributed by atoms with E-state index in [0.29, 0.717) is 12.1 Å². The third kappa shape index (κ3) is 4.59. The van der Waals surface area contributed by atoms with Gasteiger partial charge in [-0.25, -0.2) is 4.68 Å². The van der Waals surface area contributed by atoms with E-state index >= 15 is 0 Å². The number of carbonyl (C=O) groups excluding carboxylic acids is 1. The molecule has 1 unspecified atom stereocenters. The fraction of sp³-hybridized carbons (Fsp3) is 0.600. The number of thiophene rings is 1. The first-order valence-corrected chi connectivity index (χ1v) is 10.7. The van der Waals surface area contributed by atoms with E-state index in [1.807, 2.05) is 22.1 Å². The Morgan fingerprint density at radius 1 is 1.26 bits per heavy atom. The number of carbonyl (C=O) groups is 1. The molecule has 2 fully saturated rings. The highest BCUT2D eigenvalue weighted by Gasteiger charge is 2.24. The molecule has 0 bridgehead atoms. The third-order valence-electron chi connectivity index (χ3n) is 5.44. The van der Waals surface area contributed by atoms with Crippen LogP contribution >= 0.6 is 11.3 Å². The lowest BCUT2D eigenvalue weighted by molar-refractivity contribution is -0.114.